The number of ether oxygens (including phenoxy) is 1. The third-order valence-corrected chi connectivity index (χ3v) is 5.24. The van der Waals surface area contributed by atoms with E-state index in [-0.39, 0.29) is 17.7 Å². The second-order valence-electron chi connectivity index (χ2n) is 6.12. The van der Waals surface area contributed by atoms with Gasteiger partial charge in [-0.1, -0.05) is 54.2 Å². The van der Waals surface area contributed by atoms with Crippen molar-refractivity contribution in [2.45, 2.75) is 11.2 Å². The van der Waals surface area contributed by atoms with Crippen molar-refractivity contribution in [3.05, 3.63) is 78.1 Å². The van der Waals surface area contributed by atoms with E-state index in [4.69, 9.17) is 4.74 Å². The summed E-state index contributed by atoms with van der Waals surface area (Å²) < 4.78 is 5.25. The number of aromatic nitrogens is 3. The molecule has 2 N–H and O–H groups in total. The third-order valence-electron chi connectivity index (χ3n) is 4.38. The second-order valence-corrected chi connectivity index (χ2v) is 7.08. The van der Waals surface area contributed by atoms with Crippen LogP contribution in [0.25, 0.3) is 5.70 Å². The number of hydrazine groups is 1. The first-order valence-electron chi connectivity index (χ1n) is 8.72. The summed E-state index contributed by atoms with van der Waals surface area (Å²) in [6.07, 6.45) is 3.49. The quantitative estimate of drug-likeness (QED) is 0.627. The Morgan fingerprint density at radius 3 is 2.64 bits per heavy atom. The van der Waals surface area contributed by atoms with E-state index < -0.39 is 0 Å². The van der Waals surface area contributed by atoms with Crippen LogP contribution in [-0.4, -0.2) is 39.0 Å². The number of benzene rings is 2. The number of methoxy groups -OCH3 is 1. The van der Waals surface area contributed by atoms with Crippen molar-refractivity contribution in [1.82, 2.24) is 25.6 Å². The van der Waals surface area contributed by atoms with Crippen LogP contribution in [0.5, 0.6) is 5.75 Å². The highest BCUT2D eigenvalue weighted by Gasteiger charge is 2.30. The molecule has 7 nitrogen and oxygen atoms in total. The normalized spacial score (nSPS) is 15.8. The monoisotopic (exact) mass is 393 g/mol. The highest BCUT2D eigenvalue weighted by atomic mass is 32.2. The molecule has 0 radical (unpaired) electrons. The number of amides is 1. The van der Waals surface area contributed by atoms with Crippen molar-refractivity contribution >= 4 is 23.4 Å². The number of hydrogen-bond acceptors (Lipinski definition) is 6. The van der Waals surface area contributed by atoms with Gasteiger partial charge in [-0.15, -0.1) is 0 Å². The van der Waals surface area contributed by atoms with Crippen molar-refractivity contribution in [2.24, 2.45) is 0 Å². The molecular weight excluding hydrogens is 374 g/mol. The number of carbonyl (C=O) groups excluding carboxylic acids is 1. The summed E-state index contributed by atoms with van der Waals surface area (Å²) in [7, 11) is 1.64. The maximum Gasteiger partial charge on any atom is 0.252 e. The fraction of sp³-hybridized carbons (Fsp3) is 0.150. The molecule has 1 atom stereocenters. The van der Waals surface area contributed by atoms with E-state index in [1.807, 2.05) is 54.6 Å². The molecule has 0 unspecified atom stereocenters. The first-order chi connectivity index (χ1) is 13.7. The van der Waals surface area contributed by atoms with Gasteiger partial charge in [-0.25, -0.2) is 9.99 Å². The van der Waals surface area contributed by atoms with Crippen LogP contribution in [0.3, 0.4) is 0 Å². The Balaban J connectivity index is 1.58. The lowest BCUT2D eigenvalue weighted by Crippen LogP contribution is -2.40. The summed E-state index contributed by atoms with van der Waals surface area (Å²) >= 11 is 1.32. The topological polar surface area (TPSA) is 83.1 Å². The van der Waals surface area contributed by atoms with Crippen molar-refractivity contribution in [3.63, 3.8) is 0 Å². The Morgan fingerprint density at radius 1 is 1.18 bits per heavy atom. The van der Waals surface area contributed by atoms with Crippen molar-refractivity contribution in [3.8, 4) is 5.75 Å². The number of hydrogen-bond donors (Lipinski definition) is 2. The summed E-state index contributed by atoms with van der Waals surface area (Å²) in [4.78, 5) is 17.0. The minimum atomic E-state index is -0.219. The molecule has 1 aliphatic rings. The van der Waals surface area contributed by atoms with Crippen molar-refractivity contribution in [2.75, 3.05) is 12.9 Å². The summed E-state index contributed by atoms with van der Waals surface area (Å²) in [6.45, 7) is 0. The average molecular weight is 393 g/mol. The maximum atomic E-state index is 12.9. The highest BCUT2D eigenvalue weighted by molar-refractivity contribution is 7.99. The predicted octanol–water partition coefficient (Wildman–Crippen LogP) is 3.03. The average Bonchev–Trinajstić information content (AvgIpc) is 3.43. The van der Waals surface area contributed by atoms with Gasteiger partial charge in [0.1, 0.15) is 12.1 Å². The lowest BCUT2D eigenvalue weighted by atomic mass is 10.0. The smallest absolute Gasteiger partial charge is 0.252 e. The number of H-pyrrole nitrogens is 1. The summed E-state index contributed by atoms with van der Waals surface area (Å²) in [5.74, 6) is 0.968. The maximum absolute atomic E-state index is 12.9. The molecule has 1 aromatic heterocycles. The Hall–Kier alpha value is -3.26. The van der Waals surface area contributed by atoms with Crippen LogP contribution in [-0.2, 0) is 4.79 Å². The molecule has 3 aromatic rings. The molecular formula is C20H19N5O2S. The molecule has 0 saturated carbocycles. The van der Waals surface area contributed by atoms with E-state index in [0.717, 1.165) is 22.6 Å². The Kier molecular flexibility index (Phi) is 5.29. The number of thioether (sulfide) groups is 1. The van der Waals surface area contributed by atoms with Gasteiger partial charge in [-0.3, -0.25) is 15.3 Å². The molecule has 2 heterocycles. The van der Waals surface area contributed by atoms with Gasteiger partial charge < -0.3 is 4.74 Å². The number of carbonyl (C=O) groups is 1. The Labute approximate surface area is 166 Å². The van der Waals surface area contributed by atoms with Gasteiger partial charge in [0.2, 0.25) is 0 Å². The van der Waals surface area contributed by atoms with Crippen LogP contribution >= 0.6 is 11.8 Å². The lowest BCUT2D eigenvalue weighted by molar-refractivity contribution is -0.131. The minimum Gasteiger partial charge on any atom is -0.497 e. The van der Waals surface area contributed by atoms with E-state index in [9.17, 15) is 4.79 Å². The van der Waals surface area contributed by atoms with E-state index in [0.29, 0.717) is 5.16 Å². The lowest BCUT2D eigenvalue weighted by Gasteiger charge is -2.25. The van der Waals surface area contributed by atoms with Crippen LogP contribution in [0, 0.1) is 0 Å². The molecule has 1 amide bonds. The predicted molar refractivity (Wildman–Crippen MR) is 107 cm³/mol. The van der Waals surface area contributed by atoms with Gasteiger partial charge in [-0.05, 0) is 29.3 Å². The zero-order chi connectivity index (χ0) is 19.3. The fourth-order valence-electron chi connectivity index (χ4n) is 2.97. The first kappa shape index (κ1) is 18.1. The number of rotatable bonds is 6. The molecule has 1 aliphatic heterocycles. The van der Waals surface area contributed by atoms with E-state index in [2.05, 4.69) is 26.7 Å². The zero-order valence-electron chi connectivity index (χ0n) is 15.2. The summed E-state index contributed by atoms with van der Waals surface area (Å²) in [5.41, 5.74) is 6.20. The zero-order valence-corrected chi connectivity index (χ0v) is 16.0. The minimum absolute atomic E-state index is 0.0515. The summed E-state index contributed by atoms with van der Waals surface area (Å²) in [6, 6.07) is 17.5. The fourth-order valence-corrected chi connectivity index (χ4v) is 3.61. The Morgan fingerprint density at radius 2 is 1.96 bits per heavy atom. The molecule has 0 spiro atoms. The molecule has 142 valence electrons. The molecule has 4 rings (SSSR count). The van der Waals surface area contributed by atoms with Gasteiger partial charge in [0.15, 0.2) is 5.16 Å². The molecule has 2 aromatic carbocycles. The standard InChI is InChI=1S/C20H19N5O2S/c1-27-16-9-7-15(8-10-16)18-11-17(14-5-3-2-4-6-14)24-25(18)19(26)12-28-20-21-13-22-23-20/h2-11,13,18,24H,12H2,1H3,(H,21,22,23)/t18-/m0/s1. The highest BCUT2D eigenvalue weighted by Crippen LogP contribution is 2.32. The van der Waals surface area contributed by atoms with Gasteiger partial charge in [0.05, 0.1) is 24.6 Å². The first-order valence-corrected chi connectivity index (χ1v) is 9.71. The molecule has 0 bridgehead atoms. The number of nitrogens with one attached hydrogen (secondary N) is 2. The van der Waals surface area contributed by atoms with Gasteiger partial charge in [0, 0.05) is 0 Å². The van der Waals surface area contributed by atoms with E-state index >= 15 is 0 Å². The van der Waals surface area contributed by atoms with Crippen LogP contribution in [0.2, 0.25) is 0 Å². The van der Waals surface area contributed by atoms with Crippen molar-refractivity contribution in [1.29, 1.82) is 0 Å². The molecule has 0 fully saturated rings. The number of nitrogens with zero attached hydrogens (tertiary/aromatic N) is 3. The largest absolute Gasteiger partial charge is 0.497 e. The van der Waals surface area contributed by atoms with E-state index in [1.54, 1.807) is 12.1 Å². The van der Waals surface area contributed by atoms with Crippen LogP contribution in [0.15, 0.2) is 72.2 Å². The van der Waals surface area contributed by atoms with Gasteiger partial charge in [-0.2, -0.15) is 5.10 Å². The van der Waals surface area contributed by atoms with Gasteiger partial charge >= 0.3 is 0 Å². The van der Waals surface area contributed by atoms with E-state index in [1.165, 1.54) is 18.1 Å². The molecule has 28 heavy (non-hydrogen) atoms. The second kappa shape index (κ2) is 8.18. The van der Waals surface area contributed by atoms with Gasteiger partial charge in [0.25, 0.3) is 5.91 Å². The van der Waals surface area contributed by atoms with Crippen LogP contribution in [0.1, 0.15) is 17.2 Å². The van der Waals surface area contributed by atoms with Crippen LogP contribution in [0.4, 0.5) is 0 Å². The molecule has 0 saturated heterocycles. The molecule has 8 heteroatoms. The third kappa shape index (κ3) is 3.86. The SMILES string of the molecule is COc1ccc([C@@H]2C=C(c3ccccc3)NN2C(=O)CSc2ncn[nH]2)cc1. The molecule has 0 aliphatic carbocycles. The van der Waals surface area contributed by atoms with Crippen LogP contribution < -0.4 is 10.2 Å². The summed E-state index contributed by atoms with van der Waals surface area (Å²) in [5, 5.41) is 8.84. The number of aromatic amines is 1. The van der Waals surface area contributed by atoms with Crippen molar-refractivity contribution < 1.29 is 9.53 Å². The Bertz CT molecular complexity index is 958.